The van der Waals surface area contributed by atoms with Crippen LogP contribution in [0, 0.1) is 12.3 Å². The second-order valence-electron chi connectivity index (χ2n) is 7.70. The predicted octanol–water partition coefficient (Wildman–Crippen LogP) is 4.36. The summed E-state index contributed by atoms with van der Waals surface area (Å²) in [6.07, 6.45) is 0.0865. The maximum absolute atomic E-state index is 13.1. The normalized spacial score (nSPS) is 19.2. The zero-order valence-electron chi connectivity index (χ0n) is 15.4. The van der Waals surface area contributed by atoms with Crippen LogP contribution in [0.4, 0.5) is 0 Å². The molecule has 1 saturated heterocycles. The second kappa shape index (κ2) is 5.81. The third-order valence-corrected chi connectivity index (χ3v) is 6.68. The largest absolute Gasteiger partial charge is 0.426 e. The molecule has 1 fully saturated rings. The average molecular weight is 375 g/mol. The van der Waals surface area contributed by atoms with Crippen LogP contribution in [0.3, 0.4) is 0 Å². The fraction of sp³-hybridized carbons (Fsp3) is 0.421. The first-order valence-corrected chi connectivity index (χ1v) is 10.3. The first kappa shape index (κ1) is 17.5. The Hall–Kier alpha value is -1.88. The number of benzene rings is 1. The van der Waals surface area contributed by atoms with E-state index in [1.807, 2.05) is 49.7 Å². The molecule has 7 heteroatoms. The molecule has 0 atom stereocenters. The zero-order valence-corrected chi connectivity index (χ0v) is 16.3. The molecule has 138 valence electrons. The lowest BCUT2D eigenvalue weighted by molar-refractivity contribution is 0.0408. The maximum atomic E-state index is 13.1. The van der Waals surface area contributed by atoms with E-state index in [-0.39, 0.29) is 11.6 Å². The van der Waals surface area contributed by atoms with E-state index in [1.165, 1.54) is 0 Å². The standard InChI is InChI=1S/C19H22NO5P/c1-12-14(9-26(22)23-10-19(2,3)11-24-26)16-13-7-5-6-8-15(13)20(4)17(16)18(21)25-12/h5-8H,9-11H2,1-4H3. The SMILES string of the molecule is Cc1oc(=O)c2c(c1CP1(=O)OCC(C)(C)CO1)c1ccccc1n2C. The second-order valence-corrected chi connectivity index (χ2v) is 9.76. The van der Waals surface area contributed by atoms with Gasteiger partial charge in [-0.3, -0.25) is 4.57 Å². The van der Waals surface area contributed by atoms with Crippen molar-refractivity contribution in [3.05, 3.63) is 46.0 Å². The highest BCUT2D eigenvalue weighted by Crippen LogP contribution is 2.57. The van der Waals surface area contributed by atoms with E-state index in [9.17, 15) is 9.36 Å². The number of rotatable bonds is 2. The van der Waals surface area contributed by atoms with Crippen LogP contribution in [0.25, 0.3) is 21.8 Å². The van der Waals surface area contributed by atoms with Gasteiger partial charge in [0.1, 0.15) is 11.3 Å². The van der Waals surface area contributed by atoms with Gasteiger partial charge in [0.25, 0.3) is 0 Å². The molecule has 0 unspecified atom stereocenters. The quantitative estimate of drug-likeness (QED) is 0.623. The number of hydrogen-bond acceptors (Lipinski definition) is 5. The molecule has 4 rings (SSSR count). The van der Waals surface area contributed by atoms with E-state index in [0.29, 0.717) is 30.1 Å². The van der Waals surface area contributed by atoms with E-state index in [4.69, 9.17) is 13.5 Å². The Morgan fingerprint density at radius 3 is 2.54 bits per heavy atom. The third-order valence-electron chi connectivity index (χ3n) is 4.93. The van der Waals surface area contributed by atoms with Gasteiger partial charge in [-0.15, -0.1) is 0 Å². The minimum absolute atomic E-state index is 0.0865. The molecule has 6 nitrogen and oxygen atoms in total. The number of aryl methyl sites for hydroxylation is 2. The average Bonchev–Trinajstić information content (AvgIpc) is 2.89. The lowest BCUT2D eigenvalue weighted by atomic mass is 9.97. The summed E-state index contributed by atoms with van der Waals surface area (Å²) in [5.41, 5.74) is 1.53. The molecule has 1 aromatic carbocycles. The summed E-state index contributed by atoms with van der Waals surface area (Å²) in [6.45, 7) is 6.48. The van der Waals surface area contributed by atoms with Crippen molar-refractivity contribution in [1.29, 1.82) is 0 Å². The number of fused-ring (bicyclic) bond motifs is 3. The van der Waals surface area contributed by atoms with E-state index in [1.54, 1.807) is 6.92 Å². The van der Waals surface area contributed by atoms with Crippen LogP contribution in [0.2, 0.25) is 0 Å². The summed E-state index contributed by atoms with van der Waals surface area (Å²) < 4.78 is 31.7. The van der Waals surface area contributed by atoms with Crippen LogP contribution in [0.15, 0.2) is 33.5 Å². The summed E-state index contributed by atoms with van der Waals surface area (Å²) in [5, 5.41) is 1.70. The minimum atomic E-state index is -3.30. The van der Waals surface area contributed by atoms with Crippen molar-refractivity contribution in [2.24, 2.45) is 12.5 Å². The van der Waals surface area contributed by atoms with Gasteiger partial charge in [-0.25, -0.2) is 4.79 Å². The van der Waals surface area contributed by atoms with Gasteiger partial charge in [-0.1, -0.05) is 32.0 Å². The molecule has 3 heterocycles. The number of nitrogens with zero attached hydrogens (tertiary/aromatic N) is 1. The monoisotopic (exact) mass is 375 g/mol. The van der Waals surface area contributed by atoms with Crippen molar-refractivity contribution in [3.8, 4) is 0 Å². The Labute approximate surface area is 151 Å². The van der Waals surface area contributed by atoms with Crippen LogP contribution < -0.4 is 5.63 Å². The highest BCUT2D eigenvalue weighted by atomic mass is 31.2. The smallest absolute Gasteiger partial charge is 0.360 e. The van der Waals surface area contributed by atoms with Crippen molar-refractivity contribution < 1.29 is 18.0 Å². The van der Waals surface area contributed by atoms with Crippen LogP contribution >= 0.6 is 7.60 Å². The first-order chi connectivity index (χ1) is 12.2. The van der Waals surface area contributed by atoms with E-state index < -0.39 is 13.2 Å². The highest BCUT2D eigenvalue weighted by Gasteiger charge is 2.38. The van der Waals surface area contributed by atoms with Gasteiger partial charge in [0, 0.05) is 34.3 Å². The van der Waals surface area contributed by atoms with Gasteiger partial charge >= 0.3 is 13.2 Å². The number of para-hydroxylation sites is 1. The minimum Gasteiger partial charge on any atom is -0.426 e. The molecule has 2 aromatic heterocycles. The van der Waals surface area contributed by atoms with Gasteiger partial charge in [-0.2, -0.15) is 0 Å². The summed E-state index contributed by atoms with van der Waals surface area (Å²) in [7, 11) is -1.47. The Morgan fingerprint density at radius 1 is 1.19 bits per heavy atom. The lowest BCUT2D eigenvalue weighted by Gasteiger charge is -2.34. The molecule has 26 heavy (non-hydrogen) atoms. The summed E-state index contributed by atoms with van der Waals surface area (Å²) in [6, 6.07) is 7.76. The maximum Gasteiger partial charge on any atom is 0.360 e. The Balaban J connectivity index is 1.92. The van der Waals surface area contributed by atoms with Crippen LogP contribution in [0.1, 0.15) is 25.2 Å². The number of hydrogen-bond donors (Lipinski definition) is 0. The molecule has 1 aliphatic rings. The molecular weight excluding hydrogens is 353 g/mol. The topological polar surface area (TPSA) is 70.7 Å². The molecule has 3 aromatic rings. The van der Waals surface area contributed by atoms with Crippen molar-refractivity contribution >= 4 is 29.4 Å². The fourth-order valence-corrected chi connectivity index (χ4v) is 5.58. The van der Waals surface area contributed by atoms with Crippen molar-refractivity contribution in [2.75, 3.05) is 13.2 Å². The van der Waals surface area contributed by atoms with Crippen molar-refractivity contribution in [1.82, 2.24) is 4.57 Å². The summed E-state index contributed by atoms with van der Waals surface area (Å²) in [5.74, 6) is 0.450. The van der Waals surface area contributed by atoms with Crippen molar-refractivity contribution in [2.45, 2.75) is 26.9 Å². The number of aromatic nitrogens is 1. The van der Waals surface area contributed by atoms with Crippen LogP contribution in [0.5, 0.6) is 0 Å². The molecular formula is C19H22NO5P. The molecule has 0 N–H and O–H groups in total. The van der Waals surface area contributed by atoms with Crippen LogP contribution in [-0.2, 0) is 26.8 Å². The van der Waals surface area contributed by atoms with Gasteiger partial charge in [0.15, 0.2) is 0 Å². The third kappa shape index (κ3) is 2.73. The molecule has 0 amide bonds. The molecule has 0 bridgehead atoms. The molecule has 1 aliphatic heterocycles. The zero-order chi connectivity index (χ0) is 18.7. The van der Waals surface area contributed by atoms with Crippen molar-refractivity contribution in [3.63, 3.8) is 0 Å². The van der Waals surface area contributed by atoms with E-state index in [0.717, 1.165) is 16.3 Å². The lowest BCUT2D eigenvalue weighted by Crippen LogP contribution is -2.29. The molecule has 0 spiro atoms. The Kier molecular flexibility index (Phi) is 3.92. The summed E-state index contributed by atoms with van der Waals surface area (Å²) >= 11 is 0. The predicted molar refractivity (Wildman–Crippen MR) is 101 cm³/mol. The van der Waals surface area contributed by atoms with Gasteiger partial charge in [0.2, 0.25) is 0 Å². The molecule has 0 aliphatic carbocycles. The molecule has 0 radical (unpaired) electrons. The first-order valence-electron chi connectivity index (χ1n) is 8.59. The van der Waals surface area contributed by atoms with Gasteiger partial charge in [-0.05, 0) is 13.0 Å². The van der Waals surface area contributed by atoms with Crippen LogP contribution in [-0.4, -0.2) is 17.8 Å². The Morgan fingerprint density at radius 2 is 1.85 bits per heavy atom. The molecule has 0 saturated carbocycles. The fourth-order valence-electron chi connectivity index (χ4n) is 3.46. The van der Waals surface area contributed by atoms with E-state index >= 15 is 0 Å². The van der Waals surface area contributed by atoms with Gasteiger partial charge in [0.05, 0.1) is 19.4 Å². The Bertz CT molecular complexity index is 1110. The highest BCUT2D eigenvalue weighted by molar-refractivity contribution is 7.53. The van der Waals surface area contributed by atoms with Gasteiger partial charge < -0.3 is 18.0 Å². The van der Waals surface area contributed by atoms with E-state index in [2.05, 4.69) is 0 Å². The summed E-state index contributed by atoms with van der Waals surface area (Å²) in [4.78, 5) is 12.5.